The van der Waals surface area contributed by atoms with E-state index in [0.29, 0.717) is 37.8 Å². The van der Waals surface area contributed by atoms with Gasteiger partial charge in [0.1, 0.15) is 17.3 Å². The quantitative estimate of drug-likeness (QED) is 0.843. The summed E-state index contributed by atoms with van der Waals surface area (Å²) in [6.07, 6.45) is 2.74. The molecule has 1 fully saturated rings. The monoisotopic (exact) mass is 271 g/mol. The molecule has 0 bridgehead atoms. The number of nitrogens with zero attached hydrogens (tertiary/aromatic N) is 3. The predicted octanol–water partition coefficient (Wildman–Crippen LogP) is 1.42. The molecule has 1 aliphatic heterocycles. The Kier molecular flexibility index (Phi) is 4.04. The number of ether oxygens (including phenoxy) is 1. The van der Waals surface area contributed by atoms with E-state index >= 15 is 0 Å². The first-order chi connectivity index (χ1) is 8.52. The zero-order valence-electron chi connectivity index (χ0n) is 10.7. The van der Waals surface area contributed by atoms with E-state index in [1.54, 1.807) is 0 Å². The molecule has 2 heterocycles. The topological polar surface area (TPSA) is 58.5 Å². The maximum absolute atomic E-state index is 10.5. The Morgan fingerprint density at radius 1 is 1.44 bits per heavy atom. The Morgan fingerprint density at radius 3 is 2.78 bits per heavy atom. The minimum absolute atomic E-state index is 0.450. The van der Waals surface area contributed by atoms with Gasteiger partial charge in [-0.3, -0.25) is 0 Å². The Morgan fingerprint density at radius 2 is 2.11 bits per heavy atom. The highest BCUT2D eigenvalue weighted by Crippen LogP contribution is 2.26. The Hall–Kier alpha value is -0.910. The minimum atomic E-state index is -0.711. The summed E-state index contributed by atoms with van der Waals surface area (Å²) in [7, 11) is 1.90. The van der Waals surface area contributed by atoms with Crippen molar-refractivity contribution in [2.75, 3.05) is 31.7 Å². The van der Waals surface area contributed by atoms with Crippen molar-refractivity contribution in [3.63, 3.8) is 0 Å². The summed E-state index contributed by atoms with van der Waals surface area (Å²) in [5.41, 5.74) is 0.119. The van der Waals surface area contributed by atoms with Crippen molar-refractivity contribution >= 4 is 17.4 Å². The lowest BCUT2D eigenvalue weighted by atomic mass is 9.94. The van der Waals surface area contributed by atoms with E-state index in [2.05, 4.69) is 9.97 Å². The van der Waals surface area contributed by atoms with Crippen LogP contribution in [0.25, 0.3) is 0 Å². The van der Waals surface area contributed by atoms with Gasteiger partial charge >= 0.3 is 0 Å². The summed E-state index contributed by atoms with van der Waals surface area (Å²) in [6, 6.07) is 0. The second-order valence-electron chi connectivity index (χ2n) is 4.81. The number of hydrogen-bond acceptors (Lipinski definition) is 5. The van der Waals surface area contributed by atoms with Gasteiger partial charge in [0, 0.05) is 45.2 Å². The van der Waals surface area contributed by atoms with Crippen molar-refractivity contribution in [2.45, 2.75) is 25.4 Å². The molecule has 1 aliphatic rings. The Labute approximate surface area is 112 Å². The first kappa shape index (κ1) is 13.5. The molecule has 0 atom stereocenters. The molecule has 100 valence electrons. The normalized spacial score (nSPS) is 18.7. The van der Waals surface area contributed by atoms with Crippen molar-refractivity contribution in [3.05, 3.63) is 17.0 Å². The van der Waals surface area contributed by atoms with Crippen molar-refractivity contribution in [3.8, 4) is 0 Å². The zero-order chi connectivity index (χ0) is 13.2. The maximum atomic E-state index is 10.5. The SMILES string of the molecule is Cc1c(Cl)ncnc1N(C)CC1(O)CCOCC1. The molecular formula is C12H18ClN3O2. The summed E-state index contributed by atoms with van der Waals surface area (Å²) in [5, 5.41) is 10.9. The highest BCUT2D eigenvalue weighted by molar-refractivity contribution is 6.30. The molecule has 0 amide bonds. The summed E-state index contributed by atoms with van der Waals surface area (Å²) in [5.74, 6) is 0.759. The number of likely N-dealkylation sites (N-methyl/N-ethyl adjacent to an activating group) is 1. The number of hydrogen-bond donors (Lipinski definition) is 1. The first-order valence-electron chi connectivity index (χ1n) is 6.00. The Bertz CT molecular complexity index is 422. The van der Waals surface area contributed by atoms with Gasteiger partial charge in [-0.2, -0.15) is 0 Å². The van der Waals surface area contributed by atoms with Crippen molar-refractivity contribution < 1.29 is 9.84 Å². The van der Waals surface area contributed by atoms with Crippen LogP contribution < -0.4 is 4.90 Å². The standard InChI is InChI=1S/C12H18ClN3O2/c1-9-10(13)14-8-15-11(9)16(2)7-12(17)3-5-18-6-4-12/h8,17H,3-7H2,1-2H3. The highest BCUT2D eigenvalue weighted by Gasteiger charge is 2.31. The third kappa shape index (κ3) is 2.91. The van der Waals surface area contributed by atoms with Gasteiger partial charge in [0.25, 0.3) is 0 Å². The van der Waals surface area contributed by atoms with Gasteiger partial charge in [0.2, 0.25) is 0 Å². The average Bonchev–Trinajstić information content (AvgIpc) is 2.33. The molecule has 0 aromatic carbocycles. The molecule has 0 radical (unpaired) electrons. The largest absolute Gasteiger partial charge is 0.388 e. The van der Waals surface area contributed by atoms with Crippen LogP contribution in [-0.2, 0) is 4.74 Å². The first-order valence-corrected chi connectivity index (χ1v) is 6.38. The van der Waals surface area contributed by atoms with Crippen LogP contribution in [0.4, 0.5) is 5.82 Å². The van der Waals surface area contributed by atoms with Crippen LogP contribution in [0.15, 0.2) is 6.33 Å². The van der Waals surface area contributed by atoms with E-state index < -0.39 is 5.60 Å². The molecule has 1 saturated heterocycles. The molecular weight excluding hydrogens is 254 g/mol. The predicted molar refractivity (Wildman–Crippen MR) is 70.1 cm³/mol. The lowest BCUT2D eigenvalue weighted by molar-refractivity contribution is -0.0573. The van der Waals surface area contributed by atoms with Crippen LogP contribution >= 0.6 is 11.6 Å². The lowest BCUT2D eigenvalue weighted by Crippen LogP contribution is -2.46. The van der Waals surface area contributed by atoms with Crippen molar-refractivity contribution in [1.82, 2.24) is 9.97 Å². The summed E-state index contributed by atoms with van der Waals surface area (Å²) >= 11 is 5.98. The summed E-state index contributed by atoms with van der Waals surface area (Å²) in [4.78, 5) is 10.1. The van der Waals surface area contributed by atoms with Crippen LogP contribution in [0.2, 0.25) is 5.15 Å². The van der Waals surface area contributed by atoms with Gasteiger partial charge in [-0.25, -0.2) is 9.97 Å². The van der Waals surface area contributed by atoms with Gasteiger partial charge in [-0.05, 0) is 6.92 Å². The van der Waals surface area contributed by atoms with Gasteiger partial charge in [0.15, 0.2) is 0 Å². The number of aromatic nitrogens is 2. The average molecular weight is 272 g/mol. The third-order valence-corrected chi connectivity index (χ3v) is 3.69. The van der Waals surface area contributed by atoms with Gasteiger partial charge in [0.05, 0.1) is 5.60 Å². The second-order valence-corrected chi connectivity index (χ2v) is 5.16. The van der Waals surface area contributed by atoms with Gasteiger partial charge in [-0.15, -0.1) is 0 Å². The molecule has 2 rings (SSSR count). The molecule has 1 N–H and O–H groups in total. The van der Waals surface area contributed by atoms with Gasteiger partial charge in [-0.1, -0.05) is 11.6 Å². The fourth-order valence-electron chi connectivity index (χ4n) is 2.23. The van der Waals surface area contributed by atoms with Crippen LogP contribution in [0.5, 0.6) is 0 Å². The minimum Gasteiger partial charge on any atom is -0.388 e. The van der Waals surface area contributed by atoms with Crippen LogP contribution in [0.1, 0.15) is 18.4 Å². The van der Waals surface area contributed by atoms with E-state index in [1.807, 2.05) is 18.9 Å². The van der Waals surface area contributed by atoms with Crippen molar-refractivity contribution in [2.24, 2.45) is 0 Å². The zero-order valence-corrected chi connectivity index (χ0v) is 11.4. The molecule has 6 heteroatoms. The fourth-order valence-corrected chi connectivity index (χ4v) is 2.36. The Balaban J connectivity index is 2.11. The molecule has 0 aliphatic carbocycles. The molecule has 0 unspecified atom stereocenters. The second kappa shape index (κ2) is 5.38. The van der Waals surface area contributed by atoms with E-state index in [-0.39, 0.29) is 0 Å². The van der Waals surface area contributed by atoms with Crippen molar-refractivity contribution in [1.29, 1.82) is 0 Å². The van der Waals surface area contributed by atoms with Crippen LogP contribution in [-0.4, -0.2) is 47.5 Å². The highest BCUT2D eigenvalue weighted by atomic mass is 35.5. The van der Waals surface area contributed by atoms with E-state index in [1.165, 1.54) is 6.33 Å². The lowest BCUT2D eigenvalue weighted by Gasteiger charge is -2.36. The molecule has 0 saturated carbocycles. The summed E-state index contributed by atoms with van der Waals surface area (Å²) in [6.45, 7) is 3.61. The van der Waals surface area contributed by atoms with Crippen LogP contribution in [0.3, 0.4) is 0 Å². The van der Waals surface area contributed by atoms with Gasteiger partial charge < -0.3 is 14.7 Å². The van der Waals surface area contributed by atoms with Crippen LogP contribution in [0, 0.1) is 6.92 Å². The maximum Gasteiger partial charge on any atom is 0.137 e. The molecule has 0 spiro atoms. The summed E-state index contributed by atoms with van der Waals surface area (Å²) < 4.78 is 5.27. The number of anilines is 1. The molecule has 18 heavy (non-hydrogen) atoms. The number of rotatable bonds is 3. The van der Waals surface area contributed by atoms with E-state index in [4.69, 9.17) is 16.3 Å². The van der Waals surface area contributed by atoms with E-state index in [9.17, 15) is 5.11 Å². The smallest absolute Gasteiger partial charge is 0.137 e. The van der Waals surface area contributed by atoms with E-state index in [0.717, 1.165) is 11.4 Å². The third-order valence-electron chi connectivity index (χ3n) is 3.31. The molecule has 5 nitrogen and oxygen atoms in total. The molecule has 1 aromatic rings. The number of halogens is 1. The number of aliphatic hydroxyl groups is 1. The molecule has 1 aromatic heterocycles. The fraction of sp³-hybridized carbons (Fsp3) is 0.667.